The van der Waals surface area contributed by atoms with E-state index >= 15 is 0 Å². The molecule has 1 rings (SSSR count). The minimum Gasteiger partial charge on any atom is -0.211 e. The maximum Gasteiger partial charge on any atom is 0.250 e. The second-order valence-electron chi connectivity index (χ2n) is 3.36. The van der Waals surface area contributed by atoms with Crippen molar-refractivity contribution in [2.45, 2.75) is 30.9 Å². The molecule has 0 amide bonds. The molecular formula is C9H15NO2S2. The molecule has 5 heteroatoms. The molecule has 3 nitrogen and oxygen atoms in total. The van der Waals surface area contributed by atoms with Gasteiger partial charge in [-0.05, 0) is 22.9 Å². The average molecular weight is 233 g/mol. The van der Waals surface area contributed by atoms with E-state index < -0.39 is 10.0 Å². The zero-order valence-electron chi connectivity index (χ0n) is 8.57. The van der Waals surface area contributed by atoms with E-state index in [4.69, 9.17) is 0 Å². The predicted molar refractivity (Wildman–Crippen MR) is 59.3 cm³/mol. The van der Waals surface area contributed by atoms with E-state index in [9.17, 15) is 8.42 Å². The fourth-order valence-electron chi connectivity index (χ4n) is 1.04. The van der Waals surface area contributed by atoms with Crippen molar-refractivity contribution in [3.63, 3.8) is 0 Å². The van der Waals surface area contributed by atoms with Gasteiger partial charge < -0.3 is 0 Å². The van der Waals surface area contributed by atoms with Gasteiger partial charge in [-0.15, -0.1) is 11.3 Å². The van der Waals surface area contributed by atoms with Crippen LogP contribution in [0.15, 0.2) is 15.7 Å². The summed E-state index contributed by atoms with van der Waals surface area (Å²) in [6.07, 6.45) is 0. The van der Waals surface area contributed by atoms with E-state index in [0.717, 1.165) is 5.56 Å². The Balaban J connectivity index is 2.97. The van der Waals surface area contributed by atoms with Crippen LogP contribution in [0.4, 0.5) is 0 Å². The Morgan fingerprint density at radius 3 is 2.57 bits per heavy atom. The second-order valence-corrected chi connectivity index (χ2v) is 6.26. The molecule has 1 heterocycles. The quantitative estimate of drug-likeness (QED) is 0.866. The van der Waals surface area contributed by atoms with E-state index in [1.165, 1.54) is 11.3 Å². The van der Waals surface area contributed by atoms with E-state index in [-0.39, 0.29) is 0 Å². The molecule has 0 radical (unpaired) electrons. The summed E-state index contributed by atoms with van der Waals surface area (Å²) in [6.45, 7) is 6.29. The smallest absolute Gasteiger partial charge is 0.211 e. The molecule has 14 heavy (non-hydrogen) atoms. The SMILES string of the molecule is CCNS(=O)(=O)c1cc(C(C)C)cs1. The van der Waals surface area contributed by atoms with Crippen molar-refractivity contribution in [3.8, 4) is 0 Å². The molecule has 80 valence electrons. The lowest BCUT2D eigenvalue weighted by Gasteiger charge is -2.00. The first-order valence-corrected chi connectivity index (χ1v) is 6.91. The van der Waals surface area contributed by atoms with Gasteiger partial charge >= 0.3 is 0 Å². The van der Waals surface area contributed by atoms with Gasteiger partial charge in [0.2, 0.25) is 10.0 Å². The second kappa shape index (κ2) is 4.42. The Labute approximate surface area is 89.2 Å². The lowest BCUT2D eigenvalue weighted by atomic mass is 10.1. The van der Waals surface area contributed by atoms with Gasteiger partial charge in [-0.1, -0.05) is 20.8 Å². The Hall–Kier alpha value is -0.390. The van der Waals surface area contributed by atoms with Gasteiger partial charge in [0.05, 0.1) is 0 Å². The van der Waals surface area contributed by atoms with Gasteiger partial charge in [-0.2, -0.15) is 0 Å². The Kier molecular flexibility index (Phi) is 3.69. The third kappa shape index (κ3) is 2.56. The molecule has 0 unspecified atom stereocenters. The fraction of sp³-hybridized carbons (Fsp3) is 0.556. The van der Waals surface area contributed by atoms with Crippen molar-refractivity contribution in [2.75, 3.05) is 6.54 Å². The molecule has 1 N–H and O–H groups in total. The monoisotopic (exact) mass is 233 g/mol. The molecule has 0 bridgehead atoms. The minimum absolute atomic E-state index is 0.372. The molecule has 0 aromatic carbocycles. The fourth-order valence-corrected chi connectivity index (χ4v) is 3.47. The van der Waals surface area contributed by atoms with Crippen LogP contribution in [0, 0.1) is 0 Å². The van der Waals surface area contributed by atoms with Crippen molar-refractivity contribution in [1.82, 2.24) is 4.72 Å². The maximum atomic E-state index is 11.6. The summed E-state index contributed by atoms with van der Waals surface area (Å²) in [6, 6.07) is 1.74. The van der Waals surface area contributed by atoms with Crippen molar-refractivity contribution < 1.29 is 8.42 Å². The Morgan fingerprint density at radius 2 is 2.14 bits per heavy atom. The van der Waals surface area contributed by atoms with Crippen molar-refractivity contribution in [2.24, 2.45) is 0 Å². The molecule has 0 aliphatic carbocycles. The highest BCUT2D eigenvalue weighted by atomic mass is 32.2. The molecule has 1 aromatic rings. The summed E-state index contributed by atoms with van der Waals surface area (Å²) in [5, 5.41) is 1.90. The number of hydrogen-bond donors (Lipinski definition) is 1. The van der Waals surface area contributed by atoms with E-state index in [1.807, 2.05) is 19.2 Å². The zero-order valence-corrected chi connectivity index (χ0v) is 10.2. The van der Waals surface area contributed by atoms with Gasteiger partial charge in [-0.3, -0.25) is 0 Å². The van der Waals surface area contributed by atoms with Gasteiger partial charge in [0, 0.05) is 6.54 Å². The first-order valence-electron chi connectivity index (χ1n) is 4.55. The van der Waals surface area contributed by atoms with Crippen LogP contribution in [0.3, 0.4) is 0 Å². The number of hydrogen-bond acceptors (Lipinski definition) is 3. The molecular weight excluding hydrogens is 218 g/mol. The van der Waals surface area contributed by atoms with Crippen LogP contribution >= 0.6 is 11.3 Å². The van der Waals surface area contributed by atoms with E-state index in [2.05, 4.69) is 4.72 Å². The topological polar surface area (TPSA) is 46.2 Å². The van der Waals surface area contributed by atoms with Gasteiger partial charge in [0.1, 0.15) is 4.21 Å². The van der Waals surface area contributed by atoms with Crippen molar-refractivity contribution in [3.05, 3.63) is 17.0 Å². The molecule has 0 spiro atoms. The van der Waals surface area contributed by atoms with Crippen LogP contribution in [-0.2, 0) is 10.0 Å². The molecule has 0 fully saturated rings. The van der Waals surface area contributed by atoms with Crippen LogP contribution in [0.1, 0.15) is 32.3 Å². The van der Waals surface area contributed by atoms with Crippen LogP contribution in [0.5, 0.6) is 0 Å². The summed E-state index contributed by atoms with van der Waals surface area (Å²) in [5.41, 5.74) is 1.08. The summed E-state index contributed by atoms with van der Waals surface area (Å²) in [7, 11) is -3.25. The molecule has 0 aliphatic rings. The molecule has 0 aliphatic heterocycles. The summed E-state index contributed by atoms with van der Waals surface area (Å²) in [4.78, 5) is 0. The molecule has 0 atom stereocenters. The van der Waals surface area contributed by atoms with Crippen molar-refractivity contribution in [1.29, 1.82) is 0 Å². The lowest BCUT2D eigenvalue weighted by Crippen LogP contribution is -2.22. The number of thiophene rings is 1. The highest BCUT2D eigenvalue weighted by Crippen LogP contribution is 2.25. The maximum absolute atomic E-state index is 11.6. The predicted octanol–water partition coefficient (Wildman–Crippen LogP) is 2.17. The molecule has 0 saturated heterocycles. The highest BCUT2D eigenvalue weighted by Gasteiger charge is 2.15. The van der Waals surface area contributed by atoms with Gasteiger partial charge in [-0.25, -0.2) is 13.1 Å². The largest absolute Gasteiger partial charge is 0.250 e. The summed E-state index contributed by atoms with van der Waals surface area (Å²) >= 11 is 1.27. The lowest BCUT2D eigenvalue weighted by molar-refractivity contribution is 0.586. The zero-order chi connectivity index (χ0) is 10.8. The third-order valence-electron chi connectivity index (χ3n) is 1.86. The van der Waals surface area contributed by atoms with Crippen LogP contribution < -0.4 is 4.72 Å². The van der Waals surface area contributed by atoms with Crippen molar-refractivity contribution >= 4 is 21.4 Å². The summed E-state index contributed by atoms with van der Waals surface area (Å²) in [5.74, 6) is 0.372. The normalized spacial score (nSPS) is 12.3. The van der Waals surface area contributed by atoms with Crippen LogP contribution in [-0.4, -0.2) is 15.0 Å². The van der Waals surface area contributed by atoms with Gasteiger partial charge in [0.15, 0.2) is 0 Å². The number of rotatable bonds is 4. The standard InChI is InChI=1S/C9H15NO2S2/c1-4-10-14(11,12)9-5-8(6-13-9)7(2)3/h5-7,10H,4H2,1-3H3. The Morgan fingerprint density at radius 1 is 1.50 bits per heavy atom. The highest BCUT2D eigenvalue weighted by molar-refractivity contribution is 7.91. The molecule has 0 saturated carbocycles. The average Bonchev–Trinajstić information content (AvgIpc) is 2.51. The van der Waals surface area contributed by atoms with Crippen LogP contribution in [0.2, 0.25) is 0 Å². The van der Waals surface area contributed by atoms with Gasteiger partial charge in [0.25, 0.3) is 0 Å². The first kappa shape index (κ1) is 11.7. The minimum atomic E-state index is -3.25. The third-order valence-corrected chi connectivity index (χ3v) is 4.86. The first-order chi connectivity index (χ1) is 6.47. The van der Waals surface area contributed by atoms with E-state index in [0.29, 0.717) is 16.7 Å². The van der Waals surface area contributed by atoms with E-state index in [1.54, 1.807) is 13.0 Å². The molecule has 1 aromatic heterocycles. The summed E-state index contributed by atoms with van der Waals surface area (Å²) < 4.78 is 26.0. The number of sulfonamides is 1. The van der Waals surface area contributed by atoms with Crippen LogP contribution in [0.25, 0.3) is 0 Å². The Bertz CT molecular complexity index is 393. The number of nitrogens with one attached hydrogen (secondary N) is 1.